The monoisotopic (exact) mass is 292 g/mol. The van der Waals surface area contributed by atoms with Crippen LogP contribution in [0.25, 0.3) is 0 Å². The highest BCUT2D eigenvalue weighted by molar-refractivity contribution is 6.30. The molecule has 0 bridgehead atoms. The number of halogens is 1. The Balaban J connectivity index is 2.13. The van der Waals surface area contributed by atoms with E-state index in [2.05, 4.69) is 0 Å². The minimum Gasteiger partial charge on any atom is -0.298 e. The predicted molar refractivity (Wildman–Crippen MR) is 76.8 cm³/mol. The average Bonchev–Trinajstić information content (AvgIpc) is 2.39. The van der Waals surface area contributed by atoms with Crippen LogP contribution in [0.4, 0.5) is 0 Å². The molecule has 0 N–H and O–H groups in total. The van der Waals surface area contributed by atoms with Gasteiger partial charge in [0.2, 0.25) is 0 Å². The van der Waals surface area contributed by atoms with Crippen LogP contribution in [0.1, 0.15) is 44.1 Å². The summed E-state index contributed by atoms with van der Waals surface area (Å²) in [6, 6.07) is 7.17. The van der Waals surface area contributed by atoms with Crippen molar-refractivity contribution in [1.29, 1.82) is 0 Å². The van der Waals surface area contributed by atoms with Crippen LogP contribution in [0.3, 0.4) is 0 Å². The molecule has 0 heterocycles. The number of carbonyl (C=O) groups excluding carboxylic acids is 3. The van der Waals surface area contributed by atoms with Crippen LogP contribution in [0.2, 0.25) is 5.02 Å². The van der Waals surface area contributed by atoms with Crippen molar-refractivity contribution in [1.82, 2.24) is 0 Å². The molecule has 4 heteroatoms. The topological polar surface area (TPSA) is 51.2 Å². The van der Waals surface area contributed by atoms with Gasteiger partial charge in [-0.25, -0.2) is 0 Å². The van der Waals surface area contributed by atoms with Gasteiger partial charge in [0.1, 0.15) is 5.92 Å². The number of carbonyl (C=O) groups is 3. The van der Waals surface area contributed by atoms with Gasteiger partial charge in [0.15, 0.2) is 17.3 Å². The van der Waals surface area contributed by atoms with E-state index in [1.165, 1.54) is 0 Å². The maximum atomic E-state index is 12.1. The summed E-state index contributed by atoms with van der Waals surface area (Å²) in [6.45, 7) is 1.87. The highest BCUT2D eigenvalue weighted by Crippen LogP contribution is 2.33. The Bertz CT molecular complexity index is 515. The van der Waals surface area contributed by atoms with E-state index in [4.69, 9.17) is 11.6 Å². The first-order valence-corrected chi connectivity index (χ1v) is 7.24. The highest BCUT2D eigenvalue weighted by atomic mass is 35.5. The van der Waals surface area contributed by atoms with Gasteiger partial charge in [0.05, 0.1) is 0 Å². The zero-order valence-corrected chi connectivity index (χ0v) is 12.2. The Morgan fingerprint density at radius 1 is 1.15 bits per heavy atom. The van der Waals surface area contributed by atoms with Crippen LogP contribution in [0.5, 0.6) is 0 Å². The van der Waals surface area contributed by atoms with E-state index < -0.39 is 5.92 Å². The molecular formula is C16H17ClO3. The van der Waals surface area contributed by atoms with Gasteiger partial charge in [-0.1, -0.05) is 30.7 Å². The van der Waals surface area contributed by atoms with Crippen molar-refractivity contribution in [3.05, 3.63) is 34.9 Å². The van der Waals surface area contributed by atoms with Gasteiger partial charge in [0.25, 0.3) is 0 Å². The summed E-state index contributed by atoms with van der Waals surface area (Å²) in [7, 11) is 0. The van der Waals surface area contributed by atoms with Gasteiger partial charge < -0.3 is 0 Å². The normalized spacial score (nSPS) is 22.9. The summed E-state index contributed by atoms with van der Waals surface area (Å²) in [5.41, 5.74) is 0.928. The van der Waals surface area contributed by atoms with Crippen molar-refractivity contribution in [2.24, 2.45) is 5.92 Å². The quantitative estimate of drug-likeness (QED) is 0.800. The second kappa shape index (κ2) is 6.31. The predicted octanol–water partition coefficient (Wildman–Crippen LogP) is 3.34. The number of hydrogen-bond acceptors (Lipinski definition) is 3. The molecule has 0 aliphatic heterocycles. The van der Waals surface area contributed by atoms with Crippen molar-refractivity contribution in [2.45, 2.75) is 38.5 Å². The Morgan fingerprint density at radius 3 is 2.20 bits per heavy atom. The third-order valence-corrected chi connectivity index (χ3v) is 3.95. The van der Waals surface area contributed by atoms with E-state index in [0.717, 1.165) is 5.56 Å². The number of rotatable bonds is 4. The van der Waals surface area contributed by atoms with Gasteiger partial charge in [-0.05, 0) is 30.0 Å². The molecule has 0 unspecified atom stereocenters. The molecule has 1 fully saturated rings. The van der Waals surface area contributed by atoms with E-state index >= 15 is 0 Å². The fraction of sp³-hybridized carbons (Fsp3) is 0.438. The molecule has 2 rings (SSSR count). The van der Waals surface area contributed by atoms with Crippen LogP contribution in [0.15, 0.2) is 24.3 Å². The summed E-state index contributed by atoms with van der Waals surface area (Å²) in [5.74, 6) is -1.84. The van der Waals surface area contributed by atoms with E-state index in [1.807, 2.05) is 19.1 Å². The number of benzene rings is 1. The van der Waals surface area contributed by atoms with Gasteiger partial charge in [-0.15, -0.1) is 0 Å². The van der Waals surface area contributed by atoms with Crippen LogP contribution < -0.4 is 0 Å². The molecule has 1 aromatic rings. The second-order valence-corrected chi connectivity index (χ2v) is 5.68. The molecule has 0 spiro atoms. The summed E-state index contributed by atoms with van der Waals surface area (Å²) >= 11 is 5.83. The zero-order chi connectivity index (χ0) is 14.7. The van der Waals surface area contributed by atoms with Gasteiger partial charge in [-0.3, -0.25) is 14.4 Å². The molecule has 0 saturated heterocycles. The molecule has 20 heavy (non-hydrogen) atoms. The summed E-state index contributed by atoms with van der Waals surface area (Å²) in [4.78, 5) is 36.1. The third-order valence-electron chi connectivity index (χ3n) is 3.70. The molecule has 0 aromatic heterocycles. The van der Waals surface area contributed by atoms with Crippen molar-refractivity contribution in [2.75, 3.05) is 0 Å². The van der Waals surface area contributed by atoms with Gasteiger partial charge >= 0.3 is 0 Å². The molecule has 0 radical (unpaired) electrons. The molecule has 106 valence electrons. The SMILES string of the molecule is CCCC(=O)C1C(=O)CC(c2ccc(Cl)cc2)CC1=O. The van der Waals surface area contributed by atoms with Crippen molar-refractivity contribution in [3.63, 3.8) is 0 Å². The first kappa shape index (κ1) is 14.9. The number of Topliss-reactive ketones (excluding diaryl/α,β-unsaturated/α-hetero) is 3. The Morgan fingerprint density at radius 2 is 1.70 bits per heavy atom. The summed E-state index contributed by atoms with van der Waals surface area (Å²) in [5, 5.41) is 0.623. The Labute approximate surface area is 123 Å². The standard InChI is InChI=1S/C16H17ClO3/c1-2-3-13(18)16-14(19)8-11(9-15(16)20)10-4-6-12(17)7-5-10/h4-7,11,16H,2-3,8-9H2,1H3. The lowest BCUT2D eigenvalue weighted by Gasteiger charge is -2.25. The Hall–Kier alpha value is -1.48. The molecule has 1 aromatic carbocycles. The van der Waals surface area contributed by atoms with E-state index in [-0.39, 0.29) is 36.1 Å². The number of hydrogen-bond donors (Lipinski definition) is 0. The van der Waals surface area contributed by atoms with Gasteiger partial charge in [0, 0.05) is 24.3 Å². The summed E-state index contributed by atoms with van der Waals surface area (Å²) < 4.78 is 0. The highest BCUT2D eigenvalue weighted by Gasteiger charge is 2.39. The van der Waals surface area contributed by atoms with E-state index in [0.29, 0.717) is 17.9 Å². The second-order valence-electron chi connectivity index (χ2n) is 5.24. The minimum absolute atomic E-state index is 0.127. The minimum atomic E-state index is -1.02. The van der Waals surface area contributed by atoms with Crippen molar-refractivity contribution < 1.29 is 14.4 Å². The Kier molecular flexibility index (Phi) is 4.71. The first-order chi connectivity index (χ1) is 9.52. The fourth-order valence-corrected chi connectivity index (χ4v) is 2.82. The van der Waals surface area contributed by atoms with Crippen LogP contribution in [-0.4, -0.2) is 17.3 Å². The van der Waals surface area contributed by atoms with Crippen LogP contribution >= 0.6 is 11.6 Å². The molecule has 1 aliphatic carbocycles. The molecule has 0 amide bonds. The molecule has 0 atom stereocenters. The van der Waals surface area contributed by atoms with Crippen molar-refractivity contribution >= 4 is 29.0 Å². The molecule has 1 saturated carbocycles. The maximum Gasteiger partial charge on any atom is 0.151 e. The van der Waals surface area contributed by atoms with Crippen molar-refractivity contribution in [3.8, 4) is 0 Å². The molecular weight excluding hydrogens is 276 g/mol. The third kappa shape index (κ3) is 3.15. The van der Waals surface area contributed by atoms with E-state index in [1.54, 1.807) is 12.1 Å². The lowest BCUT2D eigenvalue weighted by atomic mass is 9.75. The lowest BCUT2D eigenvalue weighted by molar-refractivity contribution is -0.142. The fourth-order valence-electron chi connectivity index (χ4n) is 2.69. The molecule has 3 nitrogen and oxygen atoms in total. The summed E-state index contributed by atoms with van der Waals surface area (Å²) in [6.07, 6.45) is 1.48. The smallest absolute Gasteiger partial charge is 0.151 e. The van der Waals surface area contributed by atoms with Gasteiger partial charge in [-0.2, -0.15) is 0 Å². The van der Waals surface area contributed by atoms with E-state index in [9.17, 15) is 14.4 Å². The molecule has 1 aliphatic rings. The number of ketones is 3. The van der Waals surface area contributed by atoms with Crippen LogP contribution in [-0.2, 0) is 14.4 Å². The maximum absolute atomic E-state index is 12.1. The zero-order valence-electron chi connectivity index (χ0n) is 11.4. The lowest BCUT2D eigenvalue weighted by Crippen LogP contribution is -2.37. The average molecular weight is 293 g/mol. The first-order valence-electron chi connectivity index (χ1n) is 6.86. The van der Waals surface area contributed by atoms with Crippen LogP contribution in [0, 0.1) is 5.92 Å². The largest absolute Gasteiger partial charge is 0.298 e.